The zero-order chi connectivity index (χ0) is 15.6. The number of nitrogens with two attached hydrogens (primary N) is 1. The molecule has 1 heterocycles. The van der Waals surface area contributed by atoms with Crippen LogP contribution in [0.1, 0.15) is 5.56 Å². The number of nitrogens with zero attached hydrogens (tertiary/aromatic N) is 1. The van der Waals surface area contributed by atoms with E-state index in [0.717, 1.165) is 5.56 Å². The van der Waals surface area contributed by atoms with Gasteiger partial charge in [-0.3, -0.25) is 0 Å². The SMILES string of the molecule is Cc1cc(Nc2ccc(OC(F)(F)F)c(Br)c2)ncc1N. The van der Waals surface area contributed by atoms with E-state index in [1.165, 1.54) is 24.4 Å². The van der Waals surface area contributed by atoms with Crippen LogP contribution in [-0.2, 0) is 0 Å². The molecule has 0 atom stereocenters. The number of anilines is 3. The van der Waals surface area contributed by atoms with Gasteiger partial charge in [0.2, 0.25) is 0 Å². The summed E-state index contributed by atoms with van der Waals surface area (Å²) in [6, 6.07) is 5.88. The molecule has 0 saturated carbocycles. The van der Waals surface area contributed by atoms with Crippen LogP contribution < -0.4 is 15.8 Å². The number of rotatable bonds is 3. The summed E-state index contributed by atoms with van der Waals surface area (Å²) in [7, 11) is 0. The molecule has 0 spiro atoms. The predicted octanol–water partition coefficient (Wildman–Crippen LogP) is 4.38. The number of hydrogen-bond donors (Lipinski definition) is 2. The molecule has 0 radical (unpaired) electrons. The lowest BCUT2D eigenvalue weighted by molar-refractivity contribution is -0.274. The summed E-state index contributed by atoms with van der Waals surface area (Å²) in [5.41, 5.74) is 7.64. The minimum absolute atomic E-state index is 0.178. The first kappa shape index (κ1) is 15.4. The molecule has 0 unspecified atom stereocenters. The molecule has 0 fully saturated rings. The molecule has 0 amide bonds. The zero-order valence-corrected chi connectivity index (χ0v) is 12.4. The maximum atomic E-state index is 12.2. The molecule has 1 aromatic carbocycles. The molecule has 1 aromatic heterocycles. The van der Waals surface area contributed by atoms with Crippen molar-refractivity contribution in [1.82, 2.24) is 4.98 Å². The average Bonchev–Trinajstić information content (AvgIpc) is 2.36. The number of nitrogens with one attached hydrogen (secondary N) is 1. The van der Waals surface area contributed by atoms with Crippen molar-refractivity contribution in [3.8, 4) is 5.75 Å². The van der Waals surface area contributed by atoms with Gasteiger partial charge in [-0.2, -0.15) is 0 Å². The van der Waals surface area contributed by atoms with Crippen LogP contribution in [0.2, 0.25) is 0 Å². The first-order valence-corrected chi connectivity index (χ1v) is 6.58. The smallest absolute Gasteiger partial charge is 0.405 e. The number of halogens is 4. The Morgan fingerprint density at radius 1 is 1.29 bits per heavy atom. The van der Waals surface area contributed by atoms with Gasteiger partial charge in [0.1, 0.15) is 11.6 Å². The first-order chi connectivity index (χ1) is 9.74. The molecule has 8 heteroatoms. The third kappa shape index (κ3) is 4.25. The van der Waals surface area contributed by atoms with E-state index in [4.69, 9.17) is 5.73 Å². The third-order valence-corrected chi connectivity index (χ3v) is 3.20. The second-order valence-corrected chi connectivity index (χ2v) is 5.10. The van der Waals surface area contributed by atoms with Crippen molar-refractivity contribution in [3.05, 3.63) is 40.5 Å². The second kappa shape index (κ2) is 5.80. The highest BCUT2D eigenvalue weighted by Gasteiger charge is 2.31. The van der Waals surface area contributed by atoms with Gasteiger partial charge in [0.15, 0.2) is 0 Å². The predicted molar refractivity (Wildman–Crippen MR) is 77.5 cm³/mol. The van der Waals surface area contributed by atoms with Crippen molar-refractivity contribution in [2.24, 2.45) is 0 Å². The molecule has 0 aliphatic rings. The Kier molecular flexibility index (Phi) is 4.26. The fourth-order valence-corrected chi connectivity index (χ4v) is 2.03. The normalized spacial score (nSPS) is 11.3. The first-order valence-electron chi connectivity index (χ1n) is 5.79. The van der Waals surface area contributed by atoms with Gasteiger partial charge in [0.25, 0.3) is 0 Å². The molecule has 3 N–H and O–H groups in total. The summed E-state index contributed by atoms with van der Waals surface area (Å²) < 4.78 is 40.6. The summed E-state index contributed by atoms with van der Waals surface area (Å²) in [5.74, 6) is 0.229. The summed E-state index contributed by atoms with van der Waals surface area (Å²) in [4.78, 5) is 4.08. The van der Waals surface area contributed by atoms with Crippen LogP contribution in [0.15, 0.2) is 34.9 Å². The number of benzene rings is 1. The van der Waals surface area contributed by atoms with E-state index in [2.05, 4.69) is 31.0 Å². The highest BCUT2D eigenvalue weighted by Crippen LogP contribution is 2.33. The third-order valence-electron chi connectivity index (χ3n) is 2.58. The van der Waals surface area contributed by atoms with Crippen molar-refractivity contribution in [2.45, 2.75) is 13.3 Å². The number of ether oxygens (including phenoxy) is 1. The lowest BCUT2D eigenvalue weighted by Gasteiger charge is -2.12. The van der Waals surface area contributed by atoms with Crippen LogP contribution >= 0.6 is 15.9 Å². The van der Waals surface area contributed by atoms with E-state index >= 15 is 0 Å². The minimum atomic E-state index is -4.73. The topological polar surface area (TPSA) is 60.2 Å². The summed E-state index contributed by atoms with van der Waals surface area (Å²) in [6.07, 6.45) is -3.22. The van der Waals surface area contributed by atoms with Crippen LogP contribution in [0.25, 0.3) is 0 Å². The van der Waals surface area contributed by atoms with Crippen molar-refractivity contribution in [1.29, 1.82) is 0 Å². The molecule has 0 aliphatic heterocycles. The maximum Gasteiger partial charge on any atom is 0.573 e. The molecule has 0 aliphatic carbocycles. The Hall–Kier alpha value is -1.96. The van der Waals surface area contributed by atoms with Crippen LogP contribution in [-0.4, -0.2) is 11.3 Å². The number of aromatic nitrogens is 1. The Morgan fingerprint density at radius 2 is 2.00 bits per heavy atom. The largest absolute Gasteiger partial charge is 0.573 e. The molecule has 0 saturated heterocycles. The van der Waals surface area contributed by atoms with Crippen LogP contribution in [0, 0.1) is 6.92 Å². The molecular weight excluding hydrogens is 351 g/mol. The van der Waals surface area contributed by atoms with Gasteiger partial charge < -0.3 is 15.8 Å². The van der Waals surface area contributed by atoms with Crippen LogP contribution in [0.3, 0.4) is 0 Å². The van der Waals surface area contributed by atoms with Crippen molar-refractivity contribution in [3.63, 3.8) is 0 Å². The Balaban J connectivity index is 2.18. The number of pyridine rings is 1. The second-order valence-electron chi connectivity index (χ2n) is 4.24. The number of nitrogen functional groups attached to an aromatic ring is 1. The van der Waals surface area contributed by atoms with Gasteiger partial charge in [0, 0.05) is 5.69 Å². The van der Waals surface area contributed by atoms with E-state index in [0.29, 0.717) is 17.2 Å². The van der Waals surface area contributed by atoms with E-state index in [-0.39, 0.29) is 10.2 Å². The van der Waals surface area contributed by atoms with E-state index in [1.54, 1.807) is 6.07 Å². The molecule has 112 valence electrons. The summed E-state index contributed by atoms with van der Waals surface area (Å²) in [5, 5.41) is 2.97. The zero-order valence-electron chi connectivity index (χ0n) is 10.8. The van der Waals surface area contributed by atoms with Gasteiger partial charge in [-0.15, -0.1) is 13.2 Å². The number of aryl methyl sites for hydroxylation is 1. The molecular formula is C13H11BrF3N3O. The molecule has 21 heavy (non-hydrogen) atoms. The average molecular weight is 362 g/mol. The maximum absolute atomic E-state index is 12.2. The van der Waals surface area contributed by atoms with E-state index < -0.39 is 6.36 Å². The Morgan fingerprint density at radius 3 is 2.57 bits per heavy atom. The van der Waals surface area contributed by atoms with Gasteiger partial charge in [-0.25, -0.2) is 4.98 Å². The van der Waals surface area contributed by atoms with Gasteiger partial charge in [0.05, 0.1) is 16.4 Å². The quantitative estimate of drug-likeness (QED) is 0.851. The van der Waals surface area contributed by atoms with Crippen LogP contribution in [0.5, 0.6) is 5.75 Å². The lowest BCUT2D eigenvalue weighted by atomic mass is 10.2. The molecule has 4 nitrogen and oxygen atoms in total. The summed E-state index contributed by atoms with van der Waals surface area (Å²) >= 11 is 3.03. The Bertz CT molecular complexity index is 662. The van der Waals surface area contributed by atoms with Crippen molar-refractivity contribution in [2.75, 3.05) is 11.1 Å². The van der Waals surface area contributed by atoms with E-state index in [9.17, 15) is 13.2 Å². The highest BCUT2D eigenvalue weighted by molar-refractivity contribution is 9.10. The standard InChI is InChI=1S/C13H11BrF3N3O/c1-7-4-12(19-6-10(7)18)20-8-2-3-11(9(14)5-8)21-13(15,16)17/h2-6H,18H2,1H3,(H,19,20). The highest BCUT2D eigenvalue weighted by atomic mass is 79.9. The fourth-order valence-electron chi connectivity index (χ4n) is 1.57. The van der Waals surface area contributed by atoms with Crippen molar-refractivity contribution < 1.29 is 17.9 Å². The minimum Gasteiger partial charge on any atom is -0.405 e. The van der Waals surface area contributed by atoms with Gasteiger partial charge in [-0.05, 0) is 52.7 Å². The fraction of sp³-hybridized carbons (Fsp3) is 0.154. The van der Waals surface area contributed by atoms with Crippen LogP contribution in [0.4, 0.5) is 30.4 Å². The van der Waals surface area contributed by atoms with Gasteiger partial charge >= 0.3 is 6.36 Å². The number of alkyl halides is 3. The summed E-state index contributed by atoms with van der Waals surface area (Å²) in [6.45, 7) is 1.83. The lowest BCUT2D eigenvalue weighted by Crippen LogP contribution is -2.17. The van der Waals surface area contributed by atoms with Gasteiger partial charge in [-0.1, -0.05) is 0 Å². The Labute approximate surface area is 127 Å². The molecule has 0 bridgehead atoms. The van der Waals surface area contributed by atoms with Crippen molar-refractivity contribution >= 4 is 33.1 Å². The monoisotopic (exact) mass is 361 g/mol. The molecule has 2 rings (SSSR count). The number of hydrogen-bond acceptors (Lipinski definition) is 4. The molecule has 2 aromatic rings. The van der Waals surface area contributed by atoms with E-state index in [1.807, 2.05) is 6.92 Å².